The molecule has 2 aromatic rings. The molecule has 0 spiro atoms. The summed E-state index contributed by atoms with van der Waals surface area (Å²) >= 11 is 0. The van der Waals surface area contributed by atoms with Crippen LogP contribution in [0.4, 0.5) is 10.1 Å². The van der Waals surface area contributed by atoms with Gasteiger partial charge in [-0.05, 0) is 49.2 Å². The molecule has 0 aromatic heterocycles. The van der Waals surface area contributed by atoms with E-state index in [2.05, 4.69) is 17.0 Å². The van der Waals surface area contributed by atoms with Crippen molar-refractivity contribution in [1.82, 2.24) is 5.32 Å². The molecule has 0 saturated carbocycles. The summed E-state index contributed by atoms with van der Waals surface area (Å²) in [5.74, 6) is -0.914. The number of hydrogen-bond donors (Lipinski definition) is 2. The third-order valence-electron chi connectivity index (χ3n) is 3.93. The molecule has 2 aromatic carbocycles. The van der Waals surface area contributed by atoms with Crippen LogP contribution in [-0.2, 0) is 14.8 Å². The van der Waals surface area contributed by atoms with Crippen LogP contribution in [0, 0.1) is 5.82 Å². The first-order chi connectivity index (χ1) is 13.4. The van der Waals surface area contributed by atoms with Gasteiger partial charge in [0.05, 0.1) is 16.1 Å². The van der Waals surface area contributed by atoms with Gasteiger partial charge < -0.3 is 10.1 Å². The molecule has 0 aliphatic carbocycles. The first-order valence-electron chi connectivity index (χ1n) is 9.17. The summed E-state index contributed by atoms with van der Waals surface area (Å²) in [6.07, 6.45) is 2.74. The van der Waals surface area contributed by atoms with Crippen molar-refractivity contribution in [3.63, 3.8) is 0 Å². The molecule has 0 saturated heterocycles. The Bertz CT molecular complexity index is 870. The molecule has 0 heterocycles. The van der Waals surface area contributed by atoms with E-state index in [1.54, 1.807) is 12.1 Å². The lowest BCUT2D eigenvalue weighted by Gasteiger charge is -2.13. The number of sulfonamides is 1. The Morgan fingerprint density at radius 1 is 1.04 bits per heavy atom. The van der Waals surface area contributed by atoms with Gasteiger partial charge in [0.25, 0.3) is 15.9 Å². The fourth-order valence-electron chi connectivity index (χ4n) is 2.41. The third kappa shape index (κ3) is 6.61. The number of rotatable bonds is 11. The average molecular weight is 408 g/mol. The second-order valence-corrected chi connectivity index (χ2v) is 7.86. The predicted molar refractivity (Wildman–Crippen MR) is 106 cm³/mol. The fraction of sp³-hybridized carbons (Fsp3) is 0.350. The van der Waals surface area contributed by atoms with Crippen LogP contribution in [-0.4, -0.2) is 34.1 Å². The zero-order valence-electron chi connectivity index (χ0n) is 15.8. The molecule has 0 fully saturated rings. The van der Waals surface area contributed by atoms with Crippen molar-refractivity contribution in [2.45, 2.75) is 31.1 Å². The Kier molecular flexibility index (Phi) is 8.41. The van der Waals surface area contributed by atoms with Gasteiger partial charge in [0.15, 0.2) is 0 Å². The molecular weight excluding hydrogens is 383 g/mol. The molecule has 2 N–H and O–H groups in total. The van der Waals surface area contributed by atoms with E-state index >= 15 is 0 Å². The van der Waals surface area contributed by atoms with Crippen LogP contribution in [0.3, 0.4) is 0 Å². The Labute approximate surface area is 165 Å². The highest BCUT2D eigenvalue weighted by molar-refractivity contribution is 7.92. The molecule has 0 aliphatic rings. The van der Waals surface area contributed by atoms with Gasteiger partial charge in [0.2, 0.25) is 0 Å². The number of nitrogens with one attached hydrogen (secondary N) is 2. The minimum absolute atomic E-state index is 0.0895. The van der Waals surface area contributed by atoms with Crippen molar-refractivity contribution in [1.29, 1.82) is 0 Å². The van der Waals surface area contributed by atoms with Crippen LogP contribution >= 0.6 is 0 Å². The molecule has 0 bridgehead atoms. The largest absolute Gasteiger partial charge is 0.381 e. The van der Waals surface area contributed by atoms with Crippen LogP contribution in [0.1, 0.15) is 36.5 Å². The molecule has 0 atom stereocenters. The van der Waals surface area contributed by atoms with Crippen LogP contribution in [0.25, 0.3) is 0 Å². The molecule has 6 nitrogen and oxygen atoms in total. The van der Waals surface area contributed by atoms with Crippen LogP contribution in [0.5, 0.6) is 0 Å². The lowest BCUT2D eigenvalue weighted by molar-refractivity contribution is 0.0941. The lowest BCUT2D eigenvalue weighted by atomic mass is 10.1. The van der Waals surface area contributed by atoms with E-state index in [-0.39, 0.29) is 22.1 Å². The van der Waals surface area contributed by atoms with E-state index in [1.807, 2.05) is 0 Å². The van der Waals surface area contributed by atoms with Crippen molar-refractivity contribution in [3.05, 3.63) is 59.9 Å². The van der Waals surface area contributed by atoms with E-state index in [0.717, 1.165) is 25.0 Å². The van der Waals surface area contributed by atoms with Gasteiger partial charge in [-0.25, -0.2) is 12.8 Å². The van der Waals surface area contributed by atoms with Crippen LogP contribution < -0.4 is 10.0 Å². The number of para-hydroxylation sites is 1. The fourth-order valence-corrected chi connectivity index (χ4v) is 3.49. The zero-order valence-corrected chi connectivity index (χ0v) is 16.6. The monoisotopic (exact) mass is 408 g/mol. The molecule has 0 radical (unpaired) electrons. The zero-order chi connectivity index (χ0) is 20.4. The van der Waals surface area contributed by atoms with Gasteiger partial charge >= 0.3 is 0 Å². The van der Waals surface area contributed by atoms with Crippen LogP contribution in [0.15, 0.2) is 53.4 Å². The molecule has 1 amide bonds. The number of carbonyl (C=O) groups is 1. The Morgan fingerprint density at radius 3 is 2.43 bits per heavy atom. The molecule has 8 heteroatoms. The van der Waals surface area contributed by atoms with E-state index in [0.29, 0.717) is 26.2 Å². The molecule has 0 unspecified atom stereocenters. The normalized spacial score (nSPS) is 11.2. The van der Waals surface area contributed by atoms with Crippen molar-refractivity contribution < 1.29 is 22.3 Å². The second kappa shape index (κ2) is 10.8. The number of ether oxygens (including phenoxy) is 1. The minimum Gasteiger partial charge on any atom is -0.381 e. The van der Waals surface area contributed by atoms with E-state index in [1.165, 1.54) is 24.3 Å². The third-order valence-corrected chi connectivity index (χ3v) is 5.31. The van der Waals surface area contributed by atoms with Gasteiger partial charge in [0.1, 0.15) is 5.82 Å². The number of anilines is 1. The van der Waals surface area contributed by atoms with Crippen molar-refractivity contribution in [2.75, 3.05) is 24.5 Å². The van der Waals surface area contributed by atoms with E-state index in [9.17, 15) is 17.6 Å². The van der Waals surface area contributed by atoms with Gasteiger partial charge in [-0.2, -0.15) is 0 Å². The number of unbranched alkanes of at least 4 members (excludes halogenated alkanes) is 1. The van der Waals surface area contributed by atoms with Crippen molar-refractivity contribution >= 4 is 21.6 Å². The summed E-state index contributed by atoms with van der Waals surface area (Å²) in [7, 11) is -3.94. The van der Waals surface area contributed by atoms with Crippen molar-refractivity contribution in [3.8, 4) is 0 Å². The first kappa shape index (κ1) is 21.8. The molecule has 28 heavy (non-hydrogen) atoms. The highest BCUT2D eigenvalue weighted by atomic mass is 32.2. The summed E-state index contributed by atoms with van der Waals surface area (Å²) in [5, 5.41) is 2.76. The first-order valence-corrected chi connectivity index (χ1v) is 10.7. The van der Waals surface area contributed by atoms with Crippen LogP contribution in [0.2, 0.25) is 0 Å². The summed E-state index contributed by atoms with van der Waals surface area (Å²) in [4.78, 5) is 12.3. The Balaban J connectivity index is 1.98. The number of benzene rings is 2. The quantitative estimate of drug-likeness (QED) is 0.557. The average Bonchev–Trinajstić information content (AvgIpc) is 2.67. The standard InChI is InChI=1S/C20H25FN2O4S/c1-2-3-14-27-15-6-13-22-20(24)18-7-4-5-8-19(18)23-28(25,26)17-11-9-16(21)10-12-17/h4-5,7-12,23H,2-3,6,13-15H2,1H3,(H,22,24). The number of carbonyl (C=O) groups excluding carboxylic acids is 1. The second-order valence-electron chi connectivity index (χ2n) is 6.18. The molecular formula is C20H25FN2O4S. The topological polar surface area (TPSA) is 84.5 Å². The van der Waals surface area contributed by atoms with Gasteiger partial charge in [-0.3, -0.25) is 9.52 Å². The molecule has 0 aliphatic heterocycles. The van der Waals surface area contributed by atoms with Crippen molar-refractivity contribution in [2.24, 2.45) is 0 Å². The minimum atomic E-state index is -3.94. The maximum Gasteiger partial charge on any atom is 0.261 e. The predicted octanol–water partition coefficient (Wildman–Crippen LogP) is 3.56. The van der Waals surface area contributed by atoms with Gasteiger partial charge in [0, 0.05) is 19.8 Å². The highest BCUT2D eigenvalue weighted by Gasteiger charge is 2.18. The Hall–Kier alpha value is -2.45. The SMILES string of the molecule is CCCCOCCCNC(=O)c1ccccc1NS(=O)(=O)c1ccc(F)cc1. The van der Waals surface area contributed by atoms with Gasteiger partial charge in [-0.15, -0.1) is 0 Å². The maximum absolute atomic E-state index is 13.0. The highest BCUT2D eigenvalue weighted by Crippen LogP contribution is 2.20. The summed E-state index contributed by atoms with van der Waals surface area (Å²) < 4.78 is 45.8. The summed E-state index contributed by atoms with van der Waals surface area (Å²) in [6.45, 7) is 3.77. The summed E-state index contributed by atoms with van der Waals surface area (Å²) in [5.41, 5.74) is 0.364. The number of amides is 1. The summed E-state index contributed by atoms with van der Waals surface area (Å²) in [6, 6.07) is 10.8. The lowest BCUT2D eigenvalue weighted by Crippen LogP contribution is -2.27. The van der Waals surface area contributed by atoms with E-state index < -0.39 is 15.8 Å². The van der Waals surface area contributed by atoms with Gasteiger partial charge in [-0.1, -0.05) is 25.5 Å². The Morgan fingerprint density at radius 2 is 1.71 bits per heavy atom. The smallest absolute Gasteiger partial charge is 0.261 e. The maximum atomic E-state index is 13.0. The van der Waals surface area contributed by atoms with E-state index in [4.69, 9.17) is 4.74 Å². The number of hydrogen-bond acceptors (Lipinski definition) is 4. The molecule has 152 valence electrons. The number of halogens is 1. The molecule has 2 rings (SSSR count).